The van der Waals surface area contributed by atoms with E-state index in [2.05, 4.69) is 19.2 Å². The maximum absolute atomic E-state index is 12.3. The van der Waals surface area contributed by atoms with E-state index in [0.717, 1.165) is 57.8 Å². The average Bonchev–Trinajstić information content (AvgIpc) is 2.97. The van der Waals surface area contributed by atoms with Crippen molar-refractivity contribution in [3.05, 3.63) is 12.2 Å². The number of unbranched alkanes of at least 4 members (excludes halogenated alkanes) is 21. The monoisotopic (exact) mass is 582 g/mol. The lowest BCUT2D eigenvalue weighted by molar-refractivity contribution is -0.123. The zero-order valence-electron chi connectivity index (χ0n) is 27.4. The van der Waals surface area contributed by atoms with Crippen LogP contribution in [0, 0.1) is 0 Å². The minimum absolute atomic E-state index is 0.0879. The summed E-state index contributed by atoms with van der Waals surface area (Å²) >= 11 is 0. The number of aliphatic hydroxyl groups is 3. The van der Waals surface area contributed by atoms with Crippen molar-refractivity contribution in [2.75, 3.05) is 6.61 Å². The maximum atomic E-state index is 12.3. The first-order valence-electron chi connectivity index (χ1n) is 18.0. The number of carbonyl (C=O) groups excluding carboxylic acids is 1. The van der Waals surface area contributed by atoms with Crippen molar-refractivity contribution in [2.45, 2.75) is 205 Å². The fraction of sp³-hybridized carbons (Fsp3) is 0.917. The summed E-state index contributed by atoms with van der Waals surface area (Å²) in [7, 11) is 0. The lowest BCUT2D eigenvalue weighted by Gasteiger charge is -2.20. The second-order valence-electron chi connectivity index (χ2n) is 12.5. The predicted molar refractivity (Wildman–Crippen MR) is 176 cm³/mol. The Morgan fingerprint density at radius 3 is 1.51 bits per heavy atom. The summed E-state index contributed by atoms with van der Waals surface area (Å²) < 4.78 is 0. The minimum atomic E-state index is -0.848. The van der Waals surface area contributed by atoms with E-state index in [1.807, 2.05) is 6.08 Å². The minimum Gasteiger partial charge on any atom is -0.394 e. The summed E-state index contributed by atoms with van der Waals surface area (Å²) in [6.07, 6.45) is 34.5. The van der Waals surface area contributed by atoms with Crippen LogP contribution in [0.15, 0.2) is 12.2 Å². The Morgan fingerprint density at radius 2 is 1.02 bits per heavy atom. The molecule has 5 nitrogen and oxygen atoms in total. The van der Waals surface area contributed by atoms with Gasteiger partial charge < -0.3 is 20.6 Å². The zero-order chi connectivity index (χ0) is 30.2. The highest BCUT2D eigenvalue weighted by atomic mass is 16.3. The predicted octanol–water partition coefficient (Wildman–Crippen LogP) is 9.31. The van der Waals surface area contributed by atoms with Crippen molar-refractivity contribution in [3.8, 4) is 0 Å². The van der Waals surface area contributed by atoms with E-state index in [1.54, 1.807) is 6.08 Å². The van der Waals surface area contributed by atoms with Crippen molar-refractivity contribution in [3.63, 3.8) is 0 Å². The molecule has 0 fully saturated rings. The van der Waals surface area contributed by atoms with E-state index in [0.29, 0.717) is 6.42 Å². The second kappa shape index (κ2) is 32.0. The molecule has 0 aromatic rings. The van der Waals surface area contributed by atoms with Crippen LogP contribution in [0.1, 0.15) is 187 Å². The molecule has 5 heteroatoms. The zero-order valence-corrected chi connectivity index (χ0v) is 27.4. The molecule has 0 rings (SSSR count). The van der Waals surface area contributed by atoms with Crippen LogP contribution in [0.3, 0.4) is 0 Å². The fourth-order valence-corrected chi connectivity index (χ4v) is 5.49. The van der Waals surface area contributed by atoms with Gasteiger partial charge >= 0.3 is 0 Å². The number of hydrogen-bond acceptors (Lipinski definition) is 4. The van der Waals surface area contributed by atoms with E-state index in [9.17, 15) is 20.1 Å². The third-order valence-corrected chi connectivity index (χ3v) is 8.35. The number of nitrogens with one attached hydrogen (secondary N) is 1. The van der Waals surface area contributed by atoms with Gasteiger partial charge in [-0.15, -0.1) is 0 Å². The van der Waals surface area contributed by atoms with Gasteiger partial charge in [0.05, 0.1) is 24.9 Å². The summed E-state index contributed by atoms with van der Waals surface area (Å²) in [5.41, 5.74) is 0. The highest BCUT2D eigenvalue weighted by Crippen LogP contribution is 2.15. The topological polar surface area (TPSA) is 89.8 Å². The molecule has 0 saturated carbocycles. The summed E-state index contributed by atoms with van der Waals surface area (Å²) in [4.78, 5) is 12.3. The van der Waals surface area contributed by atoms with Crippen LogP contribution in [0.5, 0.6) is 0 Å². The molecule has 244 valence electrons. The lowest BCUT2D eigenvalue weighted by Crippen LogP contribution is -2.45. The van der Waals surface area contributed by atoms with E-state index in [-0.39, 0.29) is 18.6 Å². The van der Waals surface area contributed by atoms with Crippen LogP contribution in [0.2, 0.25) is 0 Å². The van der Waals surface area contributed by atoms with Gasteiger partial charge in [-0.2, -0.15) is 0 Å². The van der Waals surface area contributed by atoms with Crippen molar-refractivity contribution < 1.29 is 20.1 Å². The van der Waals surface area contributed by atoms with Gasteiger partial charge in [0.1, 0.15) is 0 Å². The maximum Gasteiger partial charge on any atom is 0.220 e. The Balaban J connectivity index is 3.65. The first-order chi connectivity index (χ1) is 20.0. The molecule has 0 spiro atoms. The van der Waals surface area contributed by atoms with Crippen LogP contribution in [0.4, 0.5) is 0 Å². The van der Waals surface area contributed by atoms with Crippen molar-refractivity contribution in [2.24, 2.45) is 0 Å². The second-order valence-corrected chi connectivity index (χ2v) is 12.5. The SMILES string of the molecule is CCCCCCCCCCCCCC=CC(O)C(CO)NC(=O)CCCCCCCCCCC(O)CCCCCC. The lowest BCUT2D eigenvalue weighted by atomic mass is 10.0. The van der Waals surface area contributed by atoms with Crippen LogP contribution in [0.25, 0.3) is 0 Å². The molecule has 0 aliphatic rings. The largest absolute Gasteiger partial charge is 0.394 e. The van der Waals surface area contributed by atoms with Gasteiger partial charge in [-0.3, -0.25) is 4.79 Å². The Morgan fingerprint density at radius 1 is 0.610 bits per heavy atom. The normalized spacial score (nSPS) is 14.0. The van der Waals surface area contributed by atoms with Gasteiger partial charge in [0, 0.05) is 6.42 Å². The summed E-state index contributed by atoms with van der Waals surface area (Å²) in [6.45, 7) is 4.22. The molecule has 4 N–H and O–H groups in total. The Hall–Kier alpha value is -0.910. The average molecular weight is 582 g/mol. The Labute approximate surface area is 255 Å². The molecule has 3 unspecified atom stereocenters. The highest BCUT2D eigenvalue weighted by Gasteiger charge is 2.17. The quantitative estimate of drug-likeness (QED) is 0.0471. The van der Waals surface area contributed by atoms with Crippen molar-refractivity contribution in [1.82, 2.24) is 5.32 Å². The van der Waals surface area contributed by atoms with Crippen LogP contribution in [-0.2, 0) is 4.79 Å². The molecule has 0 aliphatic carbocycles. The van der Waals surface area contributed by atoms with Crippen LogP contribution < -0.4 is 5.32 Å². The molecule has 41 heavy (non-hydrogen) atoms. The van der Waals surface area contributed by atoms with Crippen molar-refractivity contribution in [1.29, 1.82) is 0 Å². The van der Waals surface area contributed by atoms with Gasteiger partial charge in [0.25, 0.3) is 0 Å². The molecule has 0 saturated heterocycles. The van der Waals surface area contributed by atoms with E-state index in [1.165, 1.54) is 109 Å². The molecule has 0 aromatic heterocycles. The molecule has 1 amide bonds. The summed E-state index contributed by atoms with van der Waals surface area (Å²) in [5, 5.41) is 32.9. The Bertz CT molecular complexity index is 568. The standard InChI is InChI=1S/C36H71NO4/c1-3-5-7-9-10-11-12-13-14-15-19-22-26-30-35(40)34(32-38)37-36(41)31-27-23-20-17-16-18-21-25-29-33(39)28-24-8-6-4-2/h26,30,33-35,38-40H,3-25,27-29,31-32H2,1-2H3,(H,37,41). The number of allylic oxidation sites excluding steroid dienone is 1. The number of hydrogen-bond donors (Lipinski definition) is 4. The molecule has 0 bridgehead atoms. The molecular formula is C36H71NO4. The fourth-order valence-electron chi connectivity index (χ4n) is 5.49. The third kappa shape index (κ3) is 29.0. The first kappa shape index (κ1) is 40.1. The highest BCUT2D eigenvalue weighted by molar-refractivity contribution is 5.76. The smallest absolute Gasteiger partial charge is 0.220 e. The van der Waals surface area contributed by atoms with Gasteiger partial charge in [0.15, 0.2) is 0 Å². The molecule has 0 radical (unpaired) electrons. The van der Waals surface area contributed by atoms with Crippen LogP contribution in [-0.4, -0.2) is 46.1 Å². The van der Waals surface area contributed by atoms with Crippen molar-refractivity contribution >= 4 is 5.91 Å². The number of rotatable bonds is 32. The van der Waals surface area contributed by atoms with Gasteiger partial charge in [0.2, 0.25) is 5.91 Å². The van der Waals surface area contributed by atoms with Gasteiger partial charge in [-0.1, -0.05) is 161 Å². The molecule has 0 aromatic carbocycles. The number of amides is 1. The van der Waals surface area contributed by atoms with Gasteiger partial charge in [-0.25, -0.2) is 0 Å². The van der Waals surface area contributed by atoms with E-state index in [4.69, 9.17) is 0 Å². The summed E-state index contributed by atoms with van der Waals surface area (Å²) in [6, 6.07) is -0.633. The summed E-state index contributed by atoms with van der Waals surface area (Å²) in [5.74, 6) is -0.0879. The number of aliphatic hydroxyl groups excluding tert-OH is 3. The van der Waals surface area contributed by atoms with Crippen LogP contribution >= 0.6 is 0 Å². The van der Waals surface area contributed by atoms with E-state index >= 15 is 0 Å². The molecule has 3 atom stereocenters. The Kier molecular flexibility index (Phi) is 31.3. The number of carbonyl (C=O) groups is 1. The molecule has 0 heterocycles. The third-order valence-electron chi connectivity index (χ3n) is 8.35. The van der Waals surface area contributed by atoms with Gasteiger partial charge in [-0.05, 0) is 32.1 Å². The van der Waals surface area contributed by atoms with E-state index < -0.39 is 12.1 Å². The molecule has 0 aliphatic heterocycles. The molecular weight excluding hydrogens is 510 g/mol. The first-order valence-corrected chi connectivity index (χ1v) is 18.0.